The van der Waals surface area contributed by atoms with Gasteiger partial charge in [-0.3, -0.25) is 0 Å². The molecular weight excluding hydrogens is 208 g/mol. The average Bonchev–Trinajstić information content (AvgIpc) is 2.66. The monoisotopic (exact) mass is 228 g/mol. The summed E-state index contributed by atoms with van der Waals surface area (Å²) < 4.78 is 10.9. The molecule has 92 valence electrons. The van der Waals surface area contributed by atoms with Crippen molar-refractivity contribution in [2.45, 2.75) is 51.0 Å². The number of hydrogen-bond acceptors (Lipinski definition) is 4. The van der Waals surface area contributed by atoms with Crippen LogP contribution in [0.25, 0.3) is 0 Å². The van der Waals surface area contributed by atoms with Crippen LogP contribution in [0.2, 0.25) is 0 Å². The standard InChI is InChI=1S/C11H20N2O3/c1-11(2,3)16-10(14)13-6-7(12)9-8(13)4-5-15-9/h7-9H,4-6,12H2,1-3H3. The van der Waals surface area contributed by atoms with Gasteiger partial charge in [-0.1, -0.05) is 0 Å². The fourth-order valence-electron chi connectivity index (χ4n) is 2.34. The van der Waals surface area contributed by atoms with E-state index in [0.717, 1.165) is 6.42 Å². The van der Waals surface area contributed by atoms with E-state index in [0.29, 0.717) is 13.2 Å². The van der Waals surface area contributed by atoms with Crippen molar-refractivity contribution in [1.29, 1.82) is 0 Å². The molecule has 5 heteroatoms. The molecular formula is C11H20N2O3. The van der Waals surface area contributed by atoms with Gasteiger partial charge >= 0.3 is 6.09 Å². The van der Waals surface area contributed by atoms with Crippen molar-refractivity contribution in [3.63, 3.8) is 0 Å². The Morgan fingerprint density at radius 3 is 2.81 bits per heavy atom. The van der Waals surface area contributed by atoms with Crippen molar-refractivity contribution in [3.8, 4) is 0 Å². The molecule has 2 aliphatic heterocycles. The smallest absolute Gasteiger partial charge is 0.410 e. The van der Waals surface area contributed by atoms with E-state index in [1.807, 2.05) is 20.8 Å². The fraction of sp³-hybridized carbons (Fsp3) is 0.909. The van der Waals surface area contributed by atoms with Crippen LogP contribution in [0.3, 0.4) is 0 Å². The molecule has 2 heterocycles. The van der Waals surface area contributed by atoms with Crippen LogP contribution in [0.15, 0.2) is 0 Å². The van der Waals surface area contributed by atoms with Crippen molar-refractivity contribution in [2.75, 3.05) is 13.2 Å². The van der Waals surface area contributed by atoms with E-state index in [2.05, 4.69) is 0 Å². The van der Waals surface area contributed by atoms with Gasteiger partial charge in [0.05, 0.1) is 18.2 Å². The summed E-state index contributed by atoms with van der Waals surface area (Å²) in [5, 5.41) is 0. The Balaban J connectivity index is 2.02. The Morgan fingerprint density at radius 1 is 1.50 bits per heavy atom. The average molecular weight is 228 g/mol. The number of nitrogens with two attached hydrogens (primary N) is 1. The minimum atomic E-state index is -0.460. The molecule has 0 saturated carbocycles. The zero-order valence-electron chi connectivity index (χ0n) is 10.1. The molecule has 2 fully saturated rings. The summed E-state index contributed by atoms with van der Waals surface area (Å²) in [5.41, 5.74) is 5.48. The van der Waals surface area contributed by atoms with Gasteiger partial charge in [0.25, 0.3) is 0 Å². The first-order valence-electron chi connectivity index (χ1n) is 5.75. The largest absolute Gasteiger partial charge is 0.444 e. The second-order valence-electron chi connectivity index (χ2n) is 5.49. The van der Waals surface area contributed by atoms with Gasteiger partial charge in [-0.05, 0) is 27.2 Å². The maximum Gasteiger partial charge on any atom is 0.410 e. The third kappa shape index (κ3) is 2.15. The van der Waals surface area contributed by atoms with Gasteiger partial charge in [-0.25, -0.2) is 4.79 Å². The van der Waals surface area contributed by atoms with Crippen LogP contribution in [0.1, 0.15) is 27.2 Å². The lowest BCUT2D eigenvalue weighted by molar-refractivity contribution is 0.0208. The summed E-state index contributed by atoms with van der Waals surface area (Å²) >= 11 is 0. The minimum absolute atomic E-state index is 0.00693. The lowest BCUT2D eigenvalue weighted by Gasteiger charge is -2.27. The van der Waals surface area contributed by atoms with Crippen LogP contribution in [-0.4, -0.2) is 47.9 Å². The van der Waals surface area contributed by atoms with E-state index in [9.17, 15) is 4.79 Å². The maximum atomic E-state index is 11.9. The first-order valence-corrected chi connectivity index (χ1v) is 5.75. The lowest BCUT2D eigenvalue weighted by atomic mass is 10.1. The van der Waals surface area contributed by atoms with Gasteiger partial charge in [-0.15, -0.1) is 0 Å². The quantitative estimate of drug-likeness (QED) is 0.663. The van der Waals surface area contributed by atoms with Crippen LogP contribution in [0, 0.1) is 0 Å². The maximum absolute atomic E-state index is 11.9. The highest BCUT2D eigenvalue weighted by Crippen LogP contribution is 2.29. The molecule has 2 N–H and O–H groups in total. The van der Waals surface area contributed by atoms with Crippen molar-refractivity contribution >= 4 is 6.09 Å². The summed E-state index contributed by atoms with van der Waals surface area (Å²) in [6.45, 7) is 6.81. The molecule has 0 bridgehead atoms. The molecule has 0 spiro atoms. The van der Waals surface area contributed by atoms with Crippen LogP contribution < -0.4 is 5.73 Å². The van der Waals surface area contributed by atoms with E-state index in [1.54, 1.807) is 4.90 Å². The summed E-state index contributed by atoms with van der Waals surface area (Å²) in [6.07, 6.45) is 0.575. The summed E-state index contributed by atoms with van der Waals surface area (Å²) in [6, 6.07) is 0.0184. The van der Waals surface area contributed by atoms with Crippen LogP contribution >= 0.6 is 0 Å². The zero-order chi connectivity index (χ0) is 11.9. The van der Waals surface area contributed by atoms with Gasteiger partial charge in [0, 0.05) is 13.2 Å². The number of carbonyl (C=O) groups excluding carboxylic acids is 1. The van der Waals surface area contributed by atoms with E-state index in [4.69, 9.17) is 15.2 Å². The molecule has 0 aliphatic carbocycles. The lowest BCUT2D eigenvalue weighted by Crippen LogP contribution is -2.41. The highest BCUT2D eigenvalue weighted by molar-refractivity contribution is 5.69. The van der Waals surface area contributed by atoms with E-state index < -0.39 is 5.60 Å². The normalized spacial score (nSPS) is 34.0. The van der Waals surface area contributed by atoms with Gasteiger partial charge in [0.15, 0.2) is 0 Å². The van der Waals surface area contributed by atoms with Crippen molar-refractivity contribution in [2.24, 2.45) is 5.73 Å². The van der Waals surface area contributed by atoms with Gasteiger partial charge in [0.1, 0.15) is 5.60 Å². The van der Waals surface area contributed by atoms with Crippen LogP contribution in [-0.2, 0) is 9.47 Å². The molecule has 2 saturated heterocycles. The van der Waals surface area contributed by atoms with E-state index in [1.165, 1.54) is 0 Å². The second-order valence-corrected chi connectivity index (χ2v) is 5.49. The molecule has 3 unspecified atom stereocenters. The number of ether oxygens (including phenoxy) is 2. The Kier molecular flexibility index (Phi) is 2.84. The molecule has 0 aromatic heterocycles. The summed E-state index contributed by atoms with van der Waals surface area (Å²) in [5.74, 6) is 0. The number of carbonyl (C=O) groups is 1. The topological polar surface area (TPSA) is 64.8 Å². The zero-order valence-corrected chi connectivity index (χ0v) is 10.1. The Morgan fingerprint density at radius 2 is 2.19 bits per heavy atom. The number of likely N-dealkylation sites (tertiary alicyclic amines) is 1. The minimum Gasteiger partial charge on any atom is -0.444 e. The van der Waals surface area contributed by atoms with Crippen molar-refractivity contribution in [3.05, 3.63) is 0 Å². The van der Waals surface area contributed by atoms with Crippen molar-refractivity contribution < 1.29 is 14.3 Å². The number of nitrogens with zero attached hydrogens (tertiary/aromatic N) is 1. The highest BCUT2D eigenvalue weighted by Gasteiger charge is 2.47. The number of fused-ring (bicyclic) bond motifs is 1. The van der Waals surface area contributed by atoms with Gasteiger partial charge in [0.2, 0.25) is 0 Å². The molecule has 0 radical (unpaired) electrons. The highest BCUT2D eigenvalue weighted by atomic mass is 16.6. The molecule has 2 rings (SSSR count). The Labute approximate surface area is 95.9 Å². The predicted molar refractivity (Wildman–Crippen MR) is 59.1 cm³/mol. The number of hydrogen-bond donors (Lipinski definition) is 1. The SMILES string of the molecule is CC(C)(C)OC(=O)N1CC(N)C2OCCC21. The second kappa shape index (κ2) is 3.89. The van der Waals surface area contributed by atoms with Gasteiger partial charge in [-0.2, -0.15) is 0 Å². The van der Waals surface area contributed by atoms with Crippen LogP contribution in [0.4, 0.5) is 4.79 Å². The Hall–Kier alpha value is -0.810. The molecule has 5 nitrogen and oxygen atoms in total. The molecule has 1 amide bonds. The molecule has 0 aromatic rings. The Bertz CT molecular complexity index is 287. The molecule has 2 aliphatic rings. The van der Waals surface area contributed by atoms with Crippen molar-refractivity contribution in [1.82, 2.24) is 4.90 Å². The summed E-state index contributed by atoms with van der Waals surface area (Å²) in [4.78, 5) is 13.7. The van der Waals surface area contributed by atoms with Crippen LogP contribution in [0.5, 0.6) is 0 Å². The van der Waals surface area contributed by atoms with Gasteiger partial charge < -0.3 is 20.1 Å². The number of rotatable bonds is 0. The first-order chi connectivity index (χ1) is 7.38. The van der Waals surface area contributed by atoms with E-state index in [-0.39, 0.29) is 24.3 Å². The first kappa shape index (κ1) is 11.7. The molecule has 16 heavy (non-hydrogen) atoms. The predicted octanol–water partition coefficient (Wildman–Crippen LogP) is 0.722. The summed E-state index contributed by atoms with van der Waals surface area (Å²) in [7, 11) is 0. The third-order valence-electron chi connectivity index (χ3n) is 2.96. The fourth-order valence-corrected chi connectivity index (χ4v) is 2.34. The number of amides is 1. The molecule has 3 atom stereocenters. The van der Waals surface area contributed by atoms with E-state index >= 15 is 0 Å². The molecule has 0 aromatic carbocycles. The third-order valence-corrected chi connectivity index (χ3v) is 2.96.